The molecule has 0 unspecified atom stereocenters. The zero-order chi connectivity index (χ0) is 22.3. The number of rotatable bonds is 10. The molecule has 1 aliphatic carbocycles. The number of Topliss-reactive ketones (excluding diaryl/α,β-unsaturated/α-hetero) is 1. The van der Waals surface area contributed by atoms with Crippen molar-refractivity contribution < 1.29 is 18.0 Å². The molecule has 0 radical (unpaired) electrons. The molecular weight excluding hydrogens is 436 g/mol. The molecule has 0 bridgehead atoms. The van der Waals surface area contributed by atoms with Gasteiger partial charge in [0.1, 0.15) is 0 Å². The molecule has 2 N–H and O–H groups in total. The number of hydrogen-bond donors (Lipinski definition) is 2. The molecule has 31 heavy (non-hydrogen) atoms. The van der Waals surface area contributed by atoms with Crippen molar-refractivity contribution in [2.24, 2.45) is 0 Å². The number of sulfonamides is 1. The number of amides is 1. The zero-order valence-corrected chi connectivity index (χ0v) is 18.8. The van der Waals surface area contributed by atoms with E-state index < -0.39 is 10.0 Å². The minimum Gasteiger partial charge on any atom is -0.356 e. The molecule has 0 atom stereocenters. The summed E-state index contributed by atoms with van der Waals surface area (Å²) in [5.74, 6) is -0.294. The summed E-state index contributed by atoms with van der Waals surface area (Å²) in [5.41, 5.74) is 1.46. The van der Waals surface area contributed by atoms with Crippen LogP contribution in [0.4, 0.5) is 0 Å². The second kappa shape index (κ2) is 10.9. The van der Waals surface area contributed by atoms with E-state index in [1.54, 1.807) is 48.5 Å². The monoisotopic (exact) mass is 462 g/mol. The summed E-state index contributed by atoms with van der Waals surface area (Å²) in [6.45, 7) is 0.417. The lowest BCUT2D eigenvalue weighted by atomic mass is 10.1. The SMILES string of the molecule is O=C(CCC(=O)c1ccc(Cl)cc1)NCCc1ccc(S(=O)(=O)NC2CCCC2)cc1. The first-order chi connectivity index (χ1) is 14.8. The number of hydrogen-bond acceptors (Lipinski definition) is 4. The molecule has 0 saturated heterocycles. The fraction of sp³-hybridized carbons (Fsp3) is 0.391. The summed E-state index contributed by atoms with van der Waals surface area (Å²) in [4.78, 5) is 24.4. The lowest BCUT2D eigenvalue weighted by Gasteiger charge is -2.13. The van der Waals surface area contributed by atoms with Crippen molar-refractivity contribution in [2.75, 3.05) is 6.54 Å². The van der Waals surface area contributed by atoms with Gasteiger partial charge in [0.2, 0.25) is 15.9 Å². The van der Waals surface area contributed by atoms with Crippen LogP contribution < -0.4 is 10.0 Å². The van der Waals surface area contributed by atoms with E-state index in [0.29, 0.717) is 23.6 Å². The van der Waals surface area contributed by atoms with E-state index in [-0.39, 0.29) is 35.5 Å². The summed E-state index contributed by atoms with van der Waals surface area (Å²) in [6.07, 6.45) is 4.73. The van der Waals surface area contributed by atoms with Crippen molar-refractivity contribution >= 4 is 33.3 Å². The predicted octanol–water partition coefficient (Wildman–Crippen LogP) is 3.88. The quantitative estimate of drug-likeness (QED) is 0.524. The highest BCUT2D eigenvalue weighted by Crippen LogP contribution is 2.20. The Kier molecular flexibility index (Phi) is 8.23. The van der Waals surface area contributed by atoms with Crippen LogP contribution in [-0.2, 0) is 21.2 Å². The van der Waals surface area contributed by atoms with Crippen LogP contribution in [0.3, 0.4) is 0 Å². The molecule has 8 heteroatoms. The maximum Gasteiger partial charge on any atom is 0.240 e. The lowest BCUT2D eigenvalue weighted by Crippen LogP contribution is -2.32. The first-order valence-corrected chi connectivity index (χ1v) is 12.4. The van der Waals surface area contributed by atoms with E-state index in [1.807, 2.05) is 0 Å². The van der Waals surface area contributed by atoms with Crippen molar-refractivity contribution in [3.05, 3.63) is 64.7 Å². The molecule has 3 rings (SSSR count). The Hall–Kier alpha value is -2.22. The second-order valence-corrected chi connectivity index (χ2v) is 9.93. The minimum absolute atomic E-state index is 0.0338. The number of halogens is 1. The van der Waals surface area contributed by atoms with E-state index in [4.69, 9.17) is 11.6 Å². The van der Waals surface area contributed by atoms with Crippen molar-refractivity contribution in [3.8, 4) is 0 Å². The van der Waals surface area contributed by atoms with Crippen LogP contribution in [0.15, 0.2) is 53.4 Å². The summed E-state index contributed by atoms with van der Waals surface area (Å²) in [5, 5.41) is 3.36. The van der Waals surface area contributed by atoms with Gasteiger partial charge in [0.15, 0.2) is 5.78 Å². The first-order valence-electron chi connectivity index (χ1n) is 10.5. The van der Waals surface area contributed by atoms with Gasteiger partial charge in [-0.15, -0.1) is 0 Å². The number of nitrogens with one attached hydrogen (secondary N) is 2. The number of carbonyl (C=O) groups excluding carboxylic acids is 2. The average Bonchev–Trinajstić information content (AvgIpc) is 3.25. The molecule has 0 spiro atoms. The zero-order valence-electron chi connectivity index (χ0n) is 17.3. The third-order valence-corrected chi connectivity index (χ3v) is 7.18. The summed E-state index contributed by atoms with van der Waals surface area (Å²) in [6, 6.07) is 13.3. The van der Waals surface area contributed by atoms with E-state index in [1.165, 1.54) is 0 Å². The molecule has 1 amide bonds. The van der Waals surface area contributed by atoms with Gasteiger partial charge in [-0.3, -0.25) is 9.59 Å². The standard InChI is InChI=1S/C23H27ClN2O4S/c24-19-9-7-18(8-10-19)22(27)13-14-23(28)25-16-15-17-5-11-21(12-6-17)31(29,30)26-20-3-1-2-4-20/h5-12,20,26H,1-4,13-16H2,(H,25,28). The number of benzene rings is 2. The molecule has 2 aromatic carbocycles. The van der Waals surface area contributed by atoms with Gasteiger partial charge in [-0.05, 0) is 61.2 Å². The summed E-state index contributed by atoms with van der Waals surface area (Å²) >= 11 is 5.81. The van der Waals surface area contributed by atoms with Gasteiger partial charge in [-0.2, -0.15) is 0 Å². The van der Waals surface area contributed by atoms with E-state index in [2.05, 4.69) is 10.0 Å². The van der Waals surface area contributed by atoms with Crippen LogP contribution in [0.25, 0.3) is 0 Å². The molecule has 2 aromatic rings. The fourth-order valence-electron chi connectivity index (χ4n) is 3.61. The molecule has 0 heterocycles. The molecule has 1 aliphatic rings. The maximum atomic E-state index is 12.4. The van der Waals surface area contributed by atoms with E-state index in [0.717, 1.165) is 31.2 Å². The highest BCUT2D eigenvalue weighted by atomic mass is 35.5. The number of carbonyl (C=O) groups is 2. The van der Waals surface area contributed by atoms with Crippen molar-refractivity contribution in [1.29, 1.82) is 0 Å². The fourth-order valence-corrected chi connectivity index (χ4v) is 5.04. The van der Waals surface area contributed by atoms with Crippen LogP contribution in [0.1, 0.15) is 54.4 Å². The predicted molar refractivity (Wildman–Crippen MR) is 121 cm³/mol. The maximum absolute atomic E-state index is 12.4. The third kappa shape index (κ3) is 7.16. The molecule has 6 nitrogen and oxygen atoms in total. The Labute approximate surface area is 188 Å². The van der Waals surface area contributed by atoms with Gasteiger partial charge < -0.3 is 5.32 Å². The Morgan fingerprint density at radius 3 is 2.23 bits per heavy atom. The third-order valence-electron chi connectivity index (χ3n) is 5.39. The van der Waals surface area contributed by atoms with Crippen molar-refractivity contribution in [3.63, 3.8) is 0 Å². The van der Waals surface area contributed by atoms with Gasteiger partial charge >= 0.3 is 0 Å². The molecular formula is C23H27ClN2O4S. The Morgan fingerprint density at radius 2 is 1.58 bits per heavy atom. The van der Waals surface area contributed by atoms with Crippen LogP contribution in [0.5, 0.6) is 0 Å². The second-order valence-electron chi connectivity index (χ2n) is 7.78. The van der Waals surface area contributed by atoms with Crippen molar-refractivity contribution in [1.82, 2.24) is 10.0 Å². The van der Waals surface area contributed by atoms with Gasteiger partial charge in [-0.1, -0.05) is 36.6 Å². The molecule has 166 valence electrons. The highest BCUT2D eigenvalue weighted by Gasteiger charge is 2.22. The Morgan fingerprint density at radius 1 is 0.935 bits per heavy atom. The Balaban J connectivity index is 1.40. The average molecular weight is 463 g/mol. The van der Waals surface area contributed by atoms with Crippen LogP contribution in [0.2, 0.25) is 5.02 Å². The molecule has 0 aromatic heterocycles. The topological polar surface area (TPSA) is 92.3 Å². The lowest BCUT2D eigenvalue weighted by molar-refractivity contribution is -0.121. The summed E-state index contributed by atoms with van der Waals surface area (Å²) in [7, 11) is -3.49. The number of ketones is 1. The van der Waals surface area contributed by atoms with Crippen molar-refractivity contribution in [2.45, 2.75) is 55.9 Å². The largest absolute Gasteiger partial charge is 0.356 e. The van der Waals surface area contributed by atoms with Gasteiger partial charge in [0.25, 0.3) is 0 Å². The summed E-state index contributed by atoms with van der Waals surface area (Å²) < 4.78 is 27.7. The highest BCUT2D eigenvalue weighted by molar-refractivity contribution is 7.89. The van der Waals surface area contributed by atoms with E-state index >= 15 is 0 Å². The minimum atomic E-state index is -3.49. The van der Waals surface area contributed by atoms with Gasteiger partial charge in [-0.25, -0.2) is 13.1 Å². The molecule has 1 saturated carbocycles. The Bertz CT molecular complexity index is 999. The normalized spacial score (nSPS) is 14.5. The van der Waals surface area contributed by atoms with E-state index in [9.17, 15) is 18.0 Å². The van der Waals surface area contributed by atoms with Gasteiger partial charge in [0, 0.05) is 36.0 Å². The molecule has 0 aliphatic heterocycles. The molecule has 1 fully saturated rings. The first kappa shape index (κ1) is 23.4. The van der Waals surface area contributed by atoms with Crippen LogP contribution in [0, 0.1) is 0 Å². The smallest absolute Gasteiger partial charge is 0.240 e. The van der Waals surface area contributed by atoms with Crippen LogP contribution in [-0.4, -0.2) is 32.7 Å². The van der Waals surface area contributed by atoms with Gasteiger partial charge in [0.05, 0.1) is 4.90 Å². The van der Waals surface area contributed by atoms with Crippen LogP contribution >= 0.6 is 11.6 Å².